The number of aromatic nitrogens is 2. The molecule has 0 N–H and O–H groups in total. The van der Waals surface area contributed by atoms with Gasteiger partial charge in [-0.1, -0.05) is 25.1 Å². The molecule has 3 nitrogen and oxygen atoms in total. The van der Waals surface area contributed by atoms with Crippen molar-refractivity contribution in [1.29, 1.82) is 0 Å². The first-order valence-corrected chi connectivity index (χ1v) is 9.10. The van der Waals surface area contributed by atoms with Crippen molar-refractivity contribution in [2.24, 2.45) is 0 Å². The average molecular weight is 376 g/mol. The highest BCUT2D eigenvalue weighted by Gasteiger charge is 2.33. The summed E-state index contributed by atoms with van der Waals surface area (Å²) in [7, 11) is 0. The van der Waals surface area contributed by atoms with Crippen LogP contribution < -0.4 is 5.56 Å². The van der Waals surface area contributed by atoms with Crippen LogP contribution in [0.25, 0.3) is 21.9 Å². The lowest BCUT2D eigenvalue weighted by Gasteiger charge is -2.10. The molecule has 0 spiro atoms. The van der Waals surface area contributed by atoms with E-state index in [1.807, 2.05) is 13.0 Å². The maximum atomic E-state index is 13.2. The van der Waals surface area contributed by atoms with Gasteiger partial charge in [-0.15, -0.1) is 11.3 Å². The van der Waals surface area contributed by atoms with Gasteiger partial charge in [-0.2, -0.15) is 13.2 Å². The average Bonchev–Trinajstić information content (AvgIpc) is 3.19. The van der Waals surface area contributed by atoms with Gasteiger partial charge in [0.05, 0.1) is 10.9 Å². The van der Waals surface area contributed by atoms with E-state index in [-0.39, 0.29) is 11.1 Å². The van der Waals surface area contributed by atoms with Crippen LogP contribution in [0.15, 0.2) is 35.1 Å². The summed E-state index contributed by atoms with van der Waals surface area (Å²) in [6.45, 7) is 2.45. The molecule has 0 atom stereocenters. The van der Waals surface area contributed by atoms with Crippen LogP contribution >= 0.6 is 11.3 Å². The number of benzene rings is 1. The monoisotopic (exact) mass is 376 g/mol. The largest absolute Gasteiger partial charge is 0.416 e. The van der Waals surface area contributed by atoms with Crippen LogP contribution in [-0.2, 0) is 19.1 Å². The molecule has 1 aliphatic rings. The predicted octanol–water partition coefficient (Wildman–Crippen LogP) is 4.98. The molecule has 0 saturated heterocycles. The van der Waals surface area contributed by atoms with Crippen molar-refractivity contribution in [3.05, 3.63) is 62.5 Å². The molecule has 1 aliphatic heterocycles. The number of allylic oxidation sites excluding steroid dienone is 1. The number of alkyl halides is 3. The number of halogens is 3. The summed E-state index contributed by atoms with van der Waals surface area (Å²) < 4.78 is 41.3. The highest BCUT2D eigenvalue weighted by Crippen LogP contribution is 2.35. The van der Waals surface area contributed by atoms with Gasteiger partial charge in [0.1, 0.15) is 10.7 Å². The maximum absolute atomic E-state index is 13.2. The van der Waals surface area contributed by atoms with Crippen LogP contribution in [0.4, 0.5) is 13.2 Å². The zero-order chi connectivity index (χ0) is 18.5. The summed E-state index contributed by atoms with van der Waals surface area (Å²) in [6.07, 6.45) is -1.61. The fourth-order valence-electron chi connectivity index (χ4n) is 3.24. The summed E-state index contributed by atoms with van der Waals surface area (Å²) in [5.41, 5.74) is -0.0439. The SMILES string of the molecule is CCc1cc2c(=O)n3c(nc2s1)/C(=C/c1ccccc1C(F)(F)F)CC3. The Kier molecular flexibility index (Phi) is 3.99. The van der Waals surface area contributed by atoms with E-state index in [1.165, 1.54) is 29.5 Å². The number of hydrogen-bond donors (Lipinski definition) is 0. The van der Waals surface area contributed by atoms with Crippen LogP contribution in [-0.4, -0.2) is 9.55 Å². The van der Waals surface area contributed by atoms with E-state index in [4.69, 9.17) is 0 Å². The number of fused-ring (bicyclic) bond motifs is 2. The zero-order valence-electron chi connectivity index (χ0n) is 13.9. The van der Waals surface area contributed by atoms with Crippen molar-refractivity contribution in [1.82, 2.24) is 9.55 Å². The summed E-state index contributed by atoms with van der Waals surface area (Å²) in [5, 5.41) is 0.590. The Morgan fingerprint density at radius 3 is 2.81 bits per heavy atom. The number of thiophene rings is 1. The van der Waals surface area contributed by atoms with Gasteiger partial charge >= 0.3 is 6.18 Å². The van der Waals surface area contributed by atoms with Crippen molar-refractivity contribution in [2.75, 3.05) is 0 Å². The Morgan fingerprint density at radius 2 is 2.08 bits per heavy atom. The standard InChI is InChI=1S/C19H15F3N2OS/c1-2-13-10-14-17(26-13)23-16-12(7-8-24(16)18(14)25)9-11-5-3-4-6-15(11)19(20,21)22/h3-6,9-10H,2,7-8H2,1H3/b12-9+. The Balaban J connectivity index is 1.88. The van der Waals surface area contributed by atoms with Gasteiger partial charge in [0.2, 0.25) is 0 Å². The van der Waals surface area contributed by atoms with E-state index >= 15 is 0 Å². The number of aryl methyl sites for hydroxylation is 1. The third-order valence-electron chi connectivity index (χ3n) is 4.54. The van der Waals surface area contributed by atoms with E-state index in [0.29, 0.717) is 34.6 Å². The topological polar surface area (TPSA) is 34.9 Å². The fraction of sp³-hybridized carbons (Fsp3) is 0.263. The molecule has 4 rings (SSSR count). The Morgan fingerprint density at radius 1 is 1.31 bits per heavy atom. The van der Waals surface area contributed by atoms with Gasteiger partial charge in [0, 0.05) is 11.4 Å². The molecule has 7 heteroatoms. The van der Waals surface area contributed by atoms with E-state index in [9.17, 15) is 18.0 Å². The van der Waals surface area contributed by atoms with Crippen molar-refractivity contribution in [2.45, 2.75) is 32.5 Å². The first kappa shape index (κ1) is 17.0. The van der Waals surface area contributed by atoms with Crippen LogP contribution in [0.2, 0.25) is 0 Å². The summed E-state index contributed by atoms with van der Waals surface area (Å²) in [4.78, 5) is 19.0. The minimum atomic E-state index is -4.42. The maximum Gasteiger partial charge on any atom is 0.416 e. The van der Waals surface area contributed by atoms with E-state index in [2.05, 4.69) is 4.98 Å². The van der Waals surface area contributed by atoms with Gasteiger partial charge < -0.3 is 0 Å². The Labute approximate surface area is 151 Å². The highest BCUT2D eigenvalue weighted by molar-refractivity contribution is 7.18. The van der Waals surface area contributed by atoms with E-state index < -0.39 is 11.7 Å². The summed E-state index contributed by atoms with van der Waals surface area (Å²) >= 11 is 1.46. The minimum absolute atomic E-state index is 0.0956. The van der Waals surface area contributed by atoms with Crippen LogP contribution in [0.1, 0.15) is 35.2 Å². The smallest absolute Gasteiger partial charge is 0.292 e. The first-order valence-electron chi connectivity index (χ1n) is 8.29. The molecular weight excluding hydrogens is 361 g/mol. The Hall–Kier alpha value is -2.41. The first-order chi connectivity index (χ1) is 12.4. The molecule has 0 unspecified atom stereocenters. The lowest BCUT2D eigenvalue weighted by molar-refractivity contribution is -0.137. The molecule has 0 amide bonds. The lowest BCUT2D eigenvalue weighted by Crippen LogP contribution is -2.19. The third kappa shape index (κ3) is 2.76. The number of rotatable bonds is 2. The molecule has 0 saturated carbocycles. The third-order valence-corrected chi connectivity index (χ3v) is 5.71. The molecule has 26 heavy (non-hydrogen) atoms. The van der Waals surface area contributed by atoms with Gasteiger partial charge in [-0.25, -0.2) is 4.98 Å². The lowest BCUT2D eigenvalue weighted by atomic mass is 10.0. The van der Waals surface area contributed by atoms with Crippen molar-refractivity contribution >= 4 is 33.2 Å². The molecule has 0 radical (unpaired) electrons. The second kappa shape index (κ2) is 6.09. The number of hydrogen-bond acceptors (Lipinski definition) is 3. The van der Waals surface area contributed by atoms with Crippen LogP contribution in [0, 0.1) is 0 Å². The Bertz CT molecular complexity index is 1090. The second-order valence-electron chi connectivity index (χ2n) is 6.18. The summed E-state index contributed by atoms with van der Waals surface area (Å²) in [5.74, 6) is 0.476. The molecule has 3 aromatic rings. The predicted molar refractivity (Wildman–Crippen MR) is 97.2 cm³/mol. The molecular formula is C19H15F3N2OS. The fourth-order valence-corrected chi connectivity index (χ4v) is 4.20. The molecule has 3 heterocycles. The van der Waals surface area contributed by atoms with E-state index in [0.717, 1.165) is 17.4 Å². The molecule has 0 fully saturated rings. The normalized spacial score (nSPS) is 15.8. The second-order valence-corrected chi connectivity index (χ2v) is 7.30. The van der Waals surface area contributed by atoms with Gasteiger partial charge in [-0.3, -0.25) is 9.36 Å². The van der Waals surface area contributed by atoms with E-state index in [1.54, 1.807) is 10.6 Å². The van der Waals surface area contributed by atoms with Gasteiger partial charge in [0.15, 0.2) is 0 Å². The molecule has 2 aromatic heterocycles. The summed E-state index contributed by atoms with van der Waals surface area (Å²) in [6, 6.07) is 7.32. The van der Waals surface area contributed by atoms with Crippen LogP contribution in [0.3, 0.4) is 0 Å². The minimum Gasteiger partial charge on any atom is -0.292 e. The zero-order valence-corrected chi connectivity index (χ0v) is 14.7. The van der Waals surface area contributed by atoms with Gasteiger partial charge in [-0.05, 0) is 42.2 Å². The molecule has 1 aromatic carbocycles. The van der Waals surface area contributed by atoms with Gasteiger partial charge in [0.25, 0.3) is 5.56 Å². The molecule has 134 valence electrons. The number of nitrogens with zero attached hydrogens (tertiary/aromatic N) is 2. The molecule has 0 aliphatic carbocycles. The quantitative estimate of drug-likeness (QED) is 0.632. The van der Waals surface area contributed by atoms with Crippen molar-refractivity contribution in [3.8, 4) is 0 Å². The van der Waals surface area contributed by atoms with Crippen molar-refractivity contribution < 1.29 is 13.2 Å². The van der Waals surface area contributed by atoms with Crippen molar-refractivity contribution in [3.63, 3.8) is 0 Å². The molecule has 0 bridgehead atoms. The highest BCUT2D eigenvalue weighted by atomic mass is 32.1. The van der Waals surface area contributed by atoms with Crippen LogP contribution in [0.5, 0.6) is 0 Å².